The van der Waals surface area contributed by atoms with Crippen molar-refractivity contribution in [3.63, 3.8) is 0 Å². The molecule has 1 aromatic carbocycles. The van der Waals surface area contributed by atoms with Gasteiger partial charge in [0.15, 0.2) is 0 Å². The second kappa shape index (κ2) is 4.88. The molecule has 0 aliphatic heterocycles. The van der Waals surface area contributed by atoms with Gasteiger partial charge in [0.2, 0.25) is 0 Å². The summed E-state index contributed by atoms with van der Waals surface area (Å²) in [5, 5.41) is -0.910. The van der Waals surface area contributed by atoms with Crippen LogP contribution in [0.4, 0.5) is 13.2 Å². The van der Waals surface area contributed by atoms with Crippen LogP contribution in [0.1, 0.15) is 24.8 Å². The summed E-state index contributed by atoms with van der Waals surface area (Å²) < 4.78 is 36.3. The Morgan fingerprint density at radius 3 is 2.20 bits per heavy atom. The molecule has 0 radical (unpaired) electrons. The number of hydrogen-bond acceptors (Lipinski definition) is 0. The molecule has 15 heavy (non-hydrogen) atoms. The third kappa shape index (κ3) is 4.12. The summed E-state index contributed by atoms with van der Waals surface area (Å²) in [7, 11) is 0. The van der Waals surface area contributed by atoms with Gasteiger partial charge in [-0.15, -0.1) is 11.6 Å². The highest BCUT2D eigenvalue weighted by atomic mass is 35.5. The monoisotopic (exact) mass is 236 g/mol. The molecule has 0 saturated heterocycles. The zero-order valence-electron chi connectivity index (χ0n) is 8.26. The Morgan fingerprint density at radius 2 is 1.73 bits per heavy atom. The van der Waals surface area contributed by atoms with Crippen molar-refractivity contribution in [1.29, 1.82) is 0 Å². The molecule has 0 heterocycles. The molecule has 0 amide bonds. The summed E-state index contributed by atoms with van der Waals surface area (Å²) in [4.78, 5) is 0. The molecule has 0 nitrogen and oxygen atoms in total. The molecule has 1 aromatic rings. The van der Waals surface area contributed by atoms with Crippen LogP contribution in [0.2, 0.25) is 0 Å². The number of rotatable bonds is 3. The van der Waals surface area contributed by atoms with Crippen molar-refractivity contribution in [2.24, 2.45) is 0 Å². The van der Waals surface area contributed by atoms with Gasteiger partial charge in [0.05, 0.1) is 6.42 Å². The molecule has 1 rings (SSSR count). The second-order valence-corrected chi connectivity index (χ2v) is 4.10. The fourth-order valence-electron chi connectivity index (χ4n) is 1.36. The first-order valence-electron chi connectivity index (χ1n) is 4.66. The maximum absolute atomic E-state index is 12.1. The SMILES string of the molecule is CC(c1ccccc1)C(Cl)CC(F)(F)F. The molecule has 0 aliphatic carbocycles. The fraction of sp³-hybridized carbons (Fsp3) is 0.455. The lowest BCUT2D eigenvalue weighted by atomic mass is 9.96. The van der Waals surface area contributed by atoms with E-state index in [-0.39, 0.29) is 5.92 Å². The van der Waals surface area contributed by atoms with E-state index in [1.807, 2.05) is 6.07 Å². The van der Waals surface area contributed by atoms with Gasteiger partial charge in [0.1, 0.15) is 0 Å². The van der Waals surface area contributed by atoms with Gasteiger partial charge >= 0.3 is 6.18 Å². The second-order valence-electron chi connectivity index (χ2n) is 3.53. The van der Waals surface area contributed by atoms with Gasteiger partial charge in [0.25, 0.3) is 0 Å². The summed E-state index contributed by atoms with van der Waals surface area (Å²) in [5.41, 5.74) is 0.835. The molecule has 84 valence electrons. The van der Waals surface area contributed by atoms with Crippen molar-refractivity contribution in [3.05, 3.63) is 35.9 Å². The maximum Gasteiger partial charge on any atom is 0.390 e. The van der Waals surface area contributed by atoms with Crippen molar-refractivity contribution >= 4 is 11.6 Å². The number of alkyl halides is 4. The number of halogens is 4. The Labute approximate surface area is 92.1 Å². The van der Waals surface area contributed by atoms with Crippen LogP contribution in [0.5, 0.6) is 0 Å². The first kappa shape index (κ1) is 12.4. The van der Waals surface area contributed by atoms with Crippen molar-refractivity contribution in [2.75, 3.05) is 0 Å². The Morgan fingerprint density at radius 1 is 1.20 bits per heavy atom. The topological polar surface area (TPSA) is 0 Å². The van der Waals surface area contributed by atoms with Gasteiger partial charge in [-0.2, -0.15) is 13.2 Å². The van der Waals surface area contributed by atoms with Crippen LogP contribution >= 0.6 is 11.6 Å². The lowest BCUT2D eigenvalue weighted by Gasteiger charge is -2.19. The smallest absolute Gasteiger partial charge is 0.171 e. The summed E-state index contributed by atoms with van der Waals surface area (Å²) in [5.74, 6) is -0.297. The molecule has 0 saturated carbocycles. The Hall–Kier alpha value is -0.700. The van der Waals surface area contributed by atoms with Crippen molar-refractivity contribution < 1.29 is 13.2 Å². The average molecular weight is 237 g/mol. The molecule has 0 fully saturated rings. The minimum atomic E-state index is -4.20. The minimum absolute atomic E-state index is 0.297. The van der Waals surface area contributed by atoms with Gasteiger partial charge in [-0.05, 0) is 11.5 Å². The van der Waals surface area contributed by atoms with E-state index in [4.69, 9.17) is 11.6 Å². The Bertz CT molecular complexity index is 294. The summed E-state index contributed by atoms with van der Waals surface area (Å²) in [6, 6.07) is 8.99. The van der Waals surface area contributed by atoms with Gasteiger partial charge in [-0.3, -0.25) is 0 Å². The van der Waals surface area contributed by atoms with E-state index in [1.165, 1.54) is 0 Å². The predicted octanol–water partition coefficient (Wildman–Crippen LogP) is 4.35. The molecule has 0 N–H and O–H groups in total. The quantitative estimate of drug-likeness (QED) is 0.685. The summed E-state index contributed by atoms with van der Waals surface area (Å²) in [6.07, 6.45) is -5.15. The minimum Gasteiger partial charge on any atom is -0.171 e. The van der Waals surface area contributed by atoms with Crippen LogP contribution in [0, 0.1) is 0 Å². The third-order valence-electron chi connectivity index (χ3n) is 2.29. The van der Waals surface area contributed by atoms with Crippen molar-refractivity contribution in [2.45, 2.75) is 30.8 Å². The van der Waals surface area contributed by atoms with Crippen LogP contribution in [0.25, 0.3) is 0 Å². The normalized spacial score (nSPS) is 16.1. The maximum atomic E-state index is 12.1. The molecule has 2 unspecified atom stereocenters. The molecule has 4 heteroatoms. The molecule has 0 aromatic heterocycles. The van der Waals surface area contributed by atoms with Gasteiger partial charge < -0.3 is 0 Å². The Balaban J connectivity index is 2.65. The van der Waals surface area contributed by atoms with Crippen LogP contribution in [0.15, 0.2) is 30.3 Å². The fourth-order valence-corrected chi connectivity index (χ4v) is 1.68. The average Bonchev–Trinajstić information content (AvgIpc) is 2.15. The van der Waals surface area contributed by atoms with Crippen LogP contribution in [0.3, 0.4) is 0 Å². The zero-order chi connectivity index (χ0) is 11.5. The summed E-state index contributed by atoms with van der Waals surface area (Å²) >= 11 is 5.73. The molecule has 0 bridgehead atoms. The van der Waals surface area contributed by atoms with Crippen molar-refractivity contribution in [3.8, 4) is 0 Å². The third-order valence-corrected chi connectivity index (χ3v) is 2.83. The molecule has 2 atom stereocenters. The lowest BCUT2D eigenvalue weighted by molar-refractivity contribution is -0.135. The number of benzene rings is 1. The lowest BCUT2D eigenvalue weighted by Crippen LogP contribution is -2.19. The standard InChI is InChI=1S/C11H12ClF3/c1-8(9-5-3-2-4-6-9)10(12)7-11(13,14)15/h2-6,8,10H,7H2,1H3. The highest BCUT2D eigenvalue weighted by Crippen LogP contribution is 2.32. The van der Waals surface area contributed by atoms with Crippen molar-refractivity contribution in [1.82, 2.24) is 0 Å². The predicted molar refractivity (Wildman–Crippen MR) is 55.2 cm³/mol. The first-order valence-corrected chi connectivity index (χ1v) is 5.09. The zero-order valence-corrected chi connectivity index (χ0v) is 9.02. The van der Waals surface area contributed by atoms with Gasteiger partial charge in [-0.1, -0.05) is 37.3 Å². The number of hydrogen-bond donors (Lipinski definition) is 0. The molecule has 0 aliphatic rings. The molecule has 0 spiro atoms. The van der Waals surface area contributed by atoms with Crippen LogP contribution in [-0.4, -0.2) is 11.6 Å². The Kier molecular flexibility index (Phi) is 4.03. The van der Waals surface area contributed by atoms with Gasteiger partial charge in [-0.25, -0.2) is 0 Å². The van der Waals surface area contributed by atoms with E-state index >= 15 is 0 Å². The van der Waals surface area contributed by atoms with E-state index < -0.39 is 18.0 Å². The van der Waals surface area contributed by atoms with Crippen LogP contribution < -0.4 is 0 Å². The van der Waals surface area contributed by atoms with E-state index in [0.717, 1.165) is 5.56 Å². The van der Waals surface area contributed by atoms with E-state index in [0.29, 0.717) is 0 Å². The highest BCUT2D eigenvalue weighted by molar-refractivity contribution is 6.21. The van der Waals surface area contributed by atoms with Gasteiger partial charge in [0, 0.05) is 5.38 Å². The van der Waals surface area contributed by atoms with E-state index in [1.54, 1.807) is 31.2 Å². The van der Waals surface area contributed by atoms with E-state index in [9.17, 15) is 13.2 Å². The molecular weight excluding hydrogens is 225 g/mol. The summed E-state index contributed by atoms with van der Waals surface area (Å²) in [6.45, 7) is 1.71. The molecular formula is C11H12ClF3. The van der Waals surface area contributed by atoms with Crippen LogP contribution in [-0.2, 0) is 0 Å². The van der Waals surface area contributed by atoms with E-state index in [2.05, 4.69) is 0 Å². The first-order chi connectivity index (χ1) is 6.90. The largest absolute Gasteiger partial charge is 0.390 e. The highest BCUT2D eigenvalue weighted by Gasteiger charge is 2.33.